The van der Waals surface area contributed by atoms with E-state index >= 15 is 0 Å². The zero-order valence-electron chi connectivity index (χ0n) is 13.1. The number of nitrogens with one attached hydrogen (secondary N) is 1. The molecule has 0 fully saturated rings. The van der Waals surface area contributed by atoms with E-state index in [2.05, 4.69) is 29.3 Å². The molecule has 0 saturated heterocycles. The third-order valence-electron chi connectivity index (χ3n) is 3.45. The summed E-state index contributed by atoms with van der Waals surface area (Å²) in [6.07, 6.45) is 3.45. The van der Waals surface area contributed by atoms with Crippen molar-refractivity contribution in [3.8, 4) is 22.4 Å². The molecule has 0 atom stereocenters. The number of benzene rings is 1. The lowest BCUT2D eigenvalue weighted by Gasteiger charge is -2.08. The highest BCUT2D eigenvalue weighted by atomic mass is 19.1. The Balaban J connectivity index is 2.07. The Morgan fingerprint density at radius 1 is 1.04 bits per heavy atom. The Labute approximate surface area is 134 Å². The molecule has 3 aromatic rings. The van der Waals surface area contributed by atoms with Gasteiger partial charge in [-0.2, -0.15) is 0 Å². The zero-order chi connectivity index (χ0) is 16.2. The predicted molar refractivity (Wildman–Crippen MR) is 88.5 cm³/mol. The molecule has 0 saturated carbocycles. The van der Waals surface area contributed by atoms with E-state index in [1.165, 1.54) is 12.1 Å². The van der Waals surface area contributed by atoms with Gasteiger partial charge in [-0.25, -0.2) is 4.39 Å². The van der Waals surface area contributed by atoms with Crippen LogP contribution in [0.3, 0.4) is 0 Å². The Hall–Kier alpha value is -2.69. The predicted octanol–water partition coefficient (Wildman–Crippen LogP) is 4.61. The van der Waals surface area contributed by atoms with Crippen LogP contribution in [0.5, 0.6) is 0 Å². The van der Waals surface area contributed by atoms with Gasteiger partial charge in [-0.15, -0.1) is 0 Å². The number of rotatable bonds is 5. The molecule has 5 heteroatoms. The maximum Gasteiger partial charge on any atom is 0.233 e. The summed E-state index contributed by atoms with van der Waals surface area (Å²) in [6, 6.07) is 10.0. The van der Waals surface area contributed by atoms with Crippen LogP contribution >= 0.6 is 0 Å². The molecule has 0 aliphatic carbocycles. The van der Waals surface area contributed by atoms with Crippen molar-refractivity contribution in [2.75, 3.05) is 11.9 Å². The smallest absolute Gasteiger partial charge is 0.233 e. The Morgan fingerprint density at radius 2 is 1.74 bits per heavy atom. The molecular formula is C18H18FN3O. The van der Waals surface area contributed by atoms with E-state index in [-0.39, 0.29) is 5.82 Å². The molecular weight excluding hydrogens is 293 g/mol. The van der Waals surface area contributed by atoms with Gasteiger partial charge in [-0.3, -0.25) is 4.98 Å². The molecule has 1 N–H and O–H groups in total. The summed E-state index contributed by atoms with van der Waals surface area (Å²) < 4.78 is 18.7. The van der Waals surface area contributed by atoms with Crippen LogP contribution in [0.25, 0.3) is 22.4 Å². The van der Waals surface area contributed by atoms with Crippen molar-refractivity contribution in [1.29, 1.82) is 0 Å². The zero-order valence-corrected chi connectivity index (χ0v) is 13.1. The van der Waals surface area contributed by atoms with Crippen LogP contribution in [0.2, 0.25) is 0 Å². The highest BCUT2D eigenvalue weighted by molar-refractivity contribution is 5.87. The van der Waals surface area contributed by atoms with E-state index < -0.39 is 0 Å². The fourth-order valence-corrected chi connectivity index (χ4v) is 2.30. The number of hydrogen-bond donors (Lipinski definition) is 1. The highest BCUT2D eigenvalue weighted by Gasteiger charge is 2.19. The summed E-state index contributed by atoms with van der Waals surface area (Å²) in [5.41, 5.74) is 3.30. The fourth-order valence-electron chi connectivity index (χ4n) is 2.30. The number of anilines is 1. The molecule has 2 aromatic heterocycles. The number of halogens is 1. The van der Waals surface area contributed by atoms with Gasteiger partial charge in [0.1, 0.15) is 11.5 Å². The van der Waals surface area contributed by atoms with Crippen molar-refractivity contribution in [2.24, 2.45) is 5.92 Å². The van der Waals surface area contributed by atoms with Crippen molar-refractivity contribution < 1.29 is 8.91 Å². The first-order chi connectivity index (χ1) is 11.1. The third kappa shape index (κ3) is 3.39. The fraction of sp³-hybridized carbons (Fsp3) is 0.222. The average Bonchev–Trinajstić information content (AvgIpc) is 2.98. The van der Waals surface area contributed by atoms with Gasteiger partial charge in [0, 0.05) is 24.5 Å². The van der Waals surface area contributed by atoms with Gasteiger partial charge in [-0.1, -0.05) is 19.0 Å². The molecule has 3 rings (SSSR count). The van der Waals surface area contributed by atoms with Crippen LogP contribution in [0.1, 0.15) is 13.8 Å². The number of pyridine rings is 1. The Morgan fingerprint density at radius 3 is 2.39 bits per heavy atom. The minimum Gasteiger partial charge on any atom is -0.353 e. The monoisotopic (exact) mass is 311 g/mol. The van der Waals surface area contributed by atoms with Crippen molar-refractivity contribution >= 4 is 5.88 Å². The highest BCUT2D eigenvalue weighted by Crippen LogP contribution is 2.37. The lowest BCUT2D eigenvalue weighted by molar-refractivity contribution is 0.432. The van der Waals surface area contributed by atoms with Gasteiger partial charge < -0.3 is 9.84 Å². The molecule has 0 amide bonds. The summed E-state index contributed by atoms with van der Waals surface area (Å²) in [5, 5.41) is 7.48. The molecule has 2 heterocycles. The second-order valence-corrected chi connectivity index (χ2v) is 5.75. The third-order valence-corrected chi connectivity index (χ3v) is 3.45. The van der Waals surface area contributed by atoms with Crippen LogP contribution in [0.15, 0.2) is 53.3 Å². The second kappa shape index (κ2) is 6.60. The number of aromatic nitrogens is 2. The van der Waals surface area contributed by atoms with E-state index in [1.54, 1.807) is 24.5 Å². The first kappa shape index (κ1) is 15.2. The topological polar surface area (TPSA) is 51.0 Å². The van der Waals surface area contributed by atoms with Crippen molar-refractivity contribution in [3.05, 3.63) is 54.6 Å². The second-order valence-electron chi connectivity index (χ2n) is 5.75. The van der Waals surface area contributed by atoms with Gasteiger partial charge in [0.2, 0.25) is 5.88 Å². The first-order valence-electron chi connectivity index (χ1n) is 7.55. The lowest BCUT2D eigenvalue weighted by Crippen LogP contribution is -2.07. The van der Waals surface area contributed by atoms with E-state index in [0.29, 0.717) is 17.5 Å². The molecule has 0 aliphatic rings. The minimum atomic E-state index is -0.277. The van der Waals surface area contributed by atoms with Crippen LogP contribution in [-0.4, -0.2) is 16.7 Å². The summed E-state index contributed by atoms with van der Waals surface area (Å²) in [5.74, 6) is 0.810. The molecule has 4 nitrogen and oxygen atoms in total. The molecule has 0 spiro atoms. The SMILES string of the molecule is CC(C)CNc1onc(-c2ccc(F)cc2)c1-c1ccncc1. The van der Waals surface area contributed by atoms with Crippen LogP contribution < -0.4 is 5.32 Å². The van der Waals surface area contributed by atoms with Gasteiger partial charge in [0.15, 0.2) is 0 Å². The molecule has 118 valence electrons. The summed E-state index contributed by atoms with van der Waals surface area (Å²) in [7, 11) is 0. The van der Waals surface area contributed by atoms with Crippen LogP contribution in [0, 0.1) is 11.7 Å². The first-order valence-corrected chi connectivity index (χ1v) is 7.55. The molecule has 0 aliphatic heterocycles. The van der Waals surface area contributed by atoms with Crippen LogP contribution in [0.4, 0.5) is 10.3 Å². The Kier molecular flexibility index (Phi) is 4.37. The van der Waals surface area contributed by atoms with Crippen LogP contribution in [-0.2, 0) is 0 Å². The van der Waals surface area contributed by atoms with Crippen molar-refractivity contribution in [2.45, 2.75) is 13.8 Å². The van der Waals surface area contributed by atoms with Gasteiger partial charge in [0.05, 0.1) is 5.56 Å². The standard InChI is InChI=1S/C18H18FN3O/c1-12(2)11-21-18-16(13-7-9-20-10-8-13)17(22-23-18)14-3-5-15(19)6-4-14/h3-10,12,21H,11H2,1-2H3. The normalized spacial score (nSPS) is 11.0. The molecule has 0 radical (unpaired) electrons. The molecule has 23 heavy (non-hydrogen) atoms. The largest absolute Gasteiger partial charge is 0.353 e. The maximum atomic E-state index is 13.2. The van der Waals surface area contributed by atoms with E-state index in [0.717, 1.165) is 23.2 Å². The minimum absolute atomic E-state index is 0.277. The van der Waals surface area contributed by atoms with E-state index in [1.807, 2.05) is 12.1 Å². The molecule has 0 unspecified atom stereocenters. The number of hydrogen-bond acceptors (Lipinski definition) is 4. The van der Waals surface area contributed by atoms with Gasteiger partial charge >= 0.3 is 0 Å². The number of nitrogens with zero attached hydrogens (tertiary/aromatic N) is 2. The van der Waals surface area contributed by atoms with Gasteiger partial charge in [0.25, 0.3) is 0 Å². The van der Waals surface area contributed by atoms with Gasteiger partial charge in [-0.05, 0) is 47.9 Å². The van der Waals surface area contributed by atoms with E-state index in [4.69, 9.17) is 4.52 Å². The maximum absolute atomic E-state index is 13.2. The van der Waals surface area contributed by atoms with E-state index in [9.17, 15) is 4.39 Å². The summed E-state index contributed by atoms with van der Waals surface area (Å²) >= 11 is 0. The Bertz CT molecular complexity index is 767. The quantitative estimate of drug-likeness (QED) is 0.747. The lowest BCUT2D eigenvalue weighted by atomic mass is 10.0. The van der Waals surface area contributed by atoms with Crippen molar-refractivity contribution in [3.63, 3.8) is 0 Å². The molecule has 0 bridgehead atoms. The summed E-state index contributed by atoms with van der Waals surface area (Å²) in [4.78, 5) is 4.05. The average molecular weight is 311 g/mol. The molecule has 1 aromatic carbocycles. The van der Waals surface area contributed by atoms with Crippen molar-refractivity contribution in [1.82, 2.24) is 10.1 Å². The summed E-state index contributed by atoms with van der Waals surface area (Å²) in [6.45, 7) is 5.02.